The van der Waals surface area contributed by atoms with Crippen LogP contribution in [0.1, 0.15) is 55.0 Å². The predicted molar refractivity (Wildman–Crippen MR) is 160 cm³/mol. The van der Waals surface area contributed by atoms with E-state index >= 15 is 0 Å². The van der Waals surface area contributed by atoms with E-state index in [9.17, 15) is 13.2 Å². The number of benzene rings is 2. The first-order chi connectivity index (χ1) is 19.8. The van der Waals surface area contributed by atoms with Crippen molar-refractivity contribution in [2.24, 2.45) is 5.92 Å². The van der Waals surface area contributed by atoms with Gasteiger partial charge in [0.1, 0.15) is 22.2 Å². The number of sulfone groups is 1. The molecule has 1 aromatic heterocycles. The highest BCUT2D eigenvalue weighted by Gasteiger charge is 2.24. The molecule has 0 spiro atoms. The van der Waals surface area contributed by atoms with Gasteiger partial charge in [0.25, 0.3) is 0 Å². The molecule has 2 aromatic carbocycles. The number of carboxylic acids is 1. The minimum Gasteiger partial charge on any atom is -0.489 e. The third kappa shape index (κ3) is 8.83. The van der Waals surface area contributed by atoms with Crippen LogP contribution in [0.2, 0.25) is 0 Å². The van der Waals surface area contributed by atoms with Gasteiger partial charge >= 0.3 is 5.97 Å². The molecule has 0 unspecified atom stereocenters. The number of nitrogens with zero attached hydrogens (tertiary/aromatic N) is 1. The van der Waals surface area contributed by atoms with Crippen LogP contribution in [-0.4, -0.2) is 42.6 Å². The topological polar surface area (TPSA) is 103 Å². The molecule has 1 aliphatic heterocycles. The monoisotopic (exact) mass is 575 g/mol. The number of pyridine rings is 1. The highest BCUT2D eigenvalue weighted by atomic mass is 32.2. The van der Waals surface area contributed by atoms with E-state index in [4.69, 9.17) is 19.6 Å². The molecule has 0 radical (unpaired) electrons. The van der Waals surface area contributed by atoms with Gasteiger partial charge in [-0.2, -0.15) is 0 Å². The summed E-state index contributed by atoms with van der Waals surface area (Å²) in [6.45, 7) is 2.59. The number of terminal acetylenes is 1. The Hall–Kier alpha value is -3.83. The fourth-order valence-corrected chi connectivity index (χ4v) is 6.69. The number of hydrogen-bond acceptors (Lipinski definition) is 6. The number of rotatable bonds is 9. The van der Waals surface area contributed by atoms with Crippen LogP contribution < -0.4 is 9.47 Å². The lowest BCUT2D eigenvalue weighted by molar-refractivity contribution is -0.136. The summed E-state index contributed by atoms with van der Waals surface area (Å²) in [5, 5.41) is 8.85. The normalized spacial score (nSPS) is 15.6. The smallest absolute Gasteiger partial charge is 0.303 e. The molecule has 0 saturated carbocycles. The molecule has 2 aliphatic rings. The third-order valence-corrected chi connectivity index (χ3v) is 9.09. The van der Waals surface area contributed by atoms with Gasteiger partial charge in [0.15, 0.2) is 0 Å². The Balaban J connectivity index is 0.00000124. The lowest BCUT2D eigenvalue weighted by Gasteiger charge is -2.22. The van der Waals surface area contributed by atoms with Gasteiger partial charge in [0.2, 0.25) is 5.88 Å². The standard InChI is InChI=1S/C30H33NO6S.C3H4/c32-30(33)13-7-21-5-9-25(10-6-21)36-20-23-4-8-24-2-1-3-28-26(27(24)18-23)11-12-29(31-28)37-19-22-14-16-38(34,35)17-15-22;1-3-2/h4-6,8-12,18,22H,1-3,7,13-17,19-20H2,(H,32,33);1H,2H3. The molecule has 41 heavy (non-hydrogen) atoms. The van der Waals surface area contributed by atoms with E-state index in [1.165, 1.54) is 11.1 Å². The zero-order valence-electron chi connectivity index (χ0n) is 23.5. The van der Waals surface area contributed by atoms with E-state index in [0.29, 0.717) is 38.4 Å². The maximum atomic E-state index is 11.7. The lowest BCUT2D eigenvalue weighted by Crippen LogP contribution is -2.27. The molecule has 216 valence electrons. The molecule has 0 bridgehead atoms. The number of carboxylic acid groups (broad SMARTS) is 1. The molecular weight excluding hydrogens is 538 g/mol. The first-order valence-corrected chi connectivity index (χ1v) is 15.8. The van der Waals surface area contributed by atoms with Crippen LogP contribution >= 0.6 is 0 Å². The molecule has 0 atom stereocenters. The lowest BCUT2D eigenvalue weighted by atomic mass is 9.97. The number of aryl methyl sites for hydroxylation is 3. The molecule has 1 N–H and O–H groups in total. The highest BCUT2D eigenvalue weighted by Crippen LogP contribution is 2.34. The minimum atomic E-state index is -2.87. The zero-order chi connectivity index (χ0) is 29.2. The van der Waals surface area contributed by atoms with Crippen LogP contribution in [0.25, 0.3) is 11.1 Å². The SMILES string of the molecule is C#CC.O=C(O)CCc1ccc(OCc2ccc3c(c2)-c2ccc(OCC4CCS(=O)(=O)CC4)nc2CCC3)cc1. The number of hydrogen-bond donors (Lipinski definition) is 1. The van der Waals surface area contributed by atoms with E-state index in [0.717, 1.165) is 47.4 Å². The van der Waals surface area contributed by atoms with Crippen molar-refractivity contribution in [3.8, 4) is 35.1 Å². The van der Waals surface area contributed by atoms with Gasteiger partial charge in [-0.1, -0.05) is 24.3 Å². The molecule has 5 rings (SSSR count). The average molecular weight is 576 g/mol. The Morgan fingerprint density at radius 3 is 2.41 bits per heavy atom. The van der Waals surface area contributed by atoms with E-state index in [2.05, 4.69) is 36.6 Å². The number of fused-ring (bicyclic) bond motifs is 3. The van der Waals surface area contributed by atoms with Gasteiger partial charge in [-0.3, -0.25) is 4.79 Å². The van der Waals surface area contributed by atoms with E-state index in [-0.39, 0.29) is 23.8 Å². The summed E-state index contributed by atoms with van der Waals surface area (Å²) in [4.78, 5) is 15.6. The van der Waals surface area contributed by atoms with Crippen molar-refractivity contribution in [3.63, 3.8) is 0 Å². The molecule has 3 aromatic rings. The Kier molecular flexibility index (Phi) is 10.4. The van der Waals surface area contributed by atoms with Gasteiger partial charge in [-0.15, -0.1) is 12.3 Å². The predicted octanol–water partition coefficient (Wildman–Crippen LogP) is 5.68. The van der Waals surface area contributed by atoms with Crippen molar-refractivity contribution in [3.05, 3.63) is 77.0 Å². The van der Waals surface area contributed by atoms with Crippen LogP contribution in [0, 0.1) is 18.3 Å². The molecule has 0 amide bonds. The van der Waals surface area contributed by atoms with Gasteiger partial charge in [-0.05, 0) is 97.9 Å². The summed E-state index contributed by atoms with van der Waals surface area (Å²) in [7, 11) is -2.87. The first kappa shape index (κ1) is 30.1. The van der Waals surface area contributed by atoms with Gasteiger partial charge in [-0.25, -0.2) is 13.4 Å². The van der Waals surface area contributed by atoms with Crippen molar-refractivity contribution in [2.75, 3.05) is 18.1 Å². The third-order valence-electron chi connectivity index (χ3n) is 7.37. The number of aliphatic carboxylic acids is 1. The van der Waals surface area contributed by atoms with Crippen LogP contribution in [0.15, 0.2) is 54.6 Å². The van der Waals surface area contributed by atoms with E-state index in [1.54, 1.807) is 6.92 Å². The van der Waals surface area contributed by atoms with Crippen molar-refractivity contribution in [1.29, 1.82) is 0 Å². The Bertz CT molecular complexity index is 1480. The molecule has 1 saturated heterocycles. The Morgan fingerprint density at radius 2 is 1.71 bits per heavy atom. The minimum absolute atomic E-state index is 0.117. The van der Waals surface area contributed by atoms with Gasteiger partial charge < -0.3 is 14.6 Å². The van der Waals surface area contributed by atoms with E-state index in [1.807, 2.05) is 30.3 Å². The molecular formula is C33H37NO6S. The van der Waals surface area contributed by atoms with Gasteiger partial charge in [0.05, 0.1) is 23.8 Å². The fraction of sp³-hybridized carbons (Fsp3) is 0.394. The van der Waals surface area contributed by atoms with Crippen molar-refractivity contribution < 1.29 is 27.8 Å². The Labute approximate surface area is 242 Å². The number of ether oxygens (including phenoxy) is 2. The maximum Gasteiger partial charge on any atom is 0.303 e. The van der Waals surface area contributed by atoms with Crippen LogP contribution in [0.3, 0.4) is 0 Å². The van der Waals surface area contributed by atoms with Crippen LogP contribution in [0.4, 0.5) is 0 Å². The second kappa shape index (κ2) is 14.2. The van der Waals surface area contributed by atoms with E-state index < -0.39 is 15.8 Å². The molecule has 8 heteroatoms. The summed E-state index contributed by atoms with van der Waals surface area (Å²) in [5.74, 6) is 3.56. The van der Waals surface area contributed by atoms with Crippen molar-refractivity contribution in [1.82, 2.24) is 4.98 Å². The summed E-state index contributed by atoms with van der Waals surface area (Å²) < 4.78 is 35.4. The second-order valence-electron chi connectivity index (χ2n) is 10.5. The Morgan fingerprint density at radius 1 is 1.00 bits per heavy atom. The van der Waals surface area contributed by atoms with Crippen LogP contribution in [0.5, 0.6) is 11.6 Å². The molecule has 7 nitrogen and oxygen atoms in total. The quantitative estimate of drug-likeness (QED) is 0.328. The first-order valence-electron chi connectivity index (χ1n) is 14.0. The second-order valence-corrected chi connectivity index (χ2v) is 12.8. The molecule has 2 heterocycles. The molecule has 1 aliphatic carbocycles. The number of carbonyl (C=O) groups is 1. The summed E-state index contributed by atoms with van der Waals surface area (Å²) >= 11 is 0. The maximum absolute atomic E-state index is 11.7. The van der Waals surface area contributed by atoms with Crippen LogP contribution in [-0.2, 0) is 40.5 Å². The largest absolute Gasteiger partial charge is 0.489 e. The fourth-order valence-electron chi connectivity index (χ4n) is 5.10. The van der Waals surface area contributed by atoms with Crippen molar-refractivity contribution in [2.45, 2.75) is 58.5 Å². The zero-order valence-corrected chi connectivity index (χ0v) is 24.3. The van der Waals surface area contributed by atoms with Crippen molar-refractivity contribution >= 4 is 15.8 Å². The van der Waals surface area contributed by atoms with Gasteiger partial charge in [0, 0.05) is 18.1 Å². The summed E-state index contributed by atoms with van der Waals surface area (Å²) in [6.07, 6.45) is 9.40. The average Bonchev–Trinajstić information content (AvgIpc) is 3.14. The summed E-state index contributed by atoms with van der Waals surface area (Å²) in [6, 6.07) is 18.1. The highest BCUT2D eigenvalue weighted by molar-refractivity contribution is 7.91. The summed E-state index contributed by atoms with van der Waals surface area (Å²) in [5.41, 5.74) is 6.68. The molecule has 1 fully saturated rings. The number of aromatic nitrogens is 1.